The zero-order valence-corrected chi connectivity index (χ0v) is 14.1. The van der Waals surface area contributed by atoms with Gasteiger partial charge in [0.1, 0.15) is 0 Å². The van der Waals surface area contributed by atoms with Crippen LogP contribution in [0.3, 0.4) is 0 Å². The van der Waals surface area contributed by atoms with Crippen LogP contribution in [-0.4, -0.2) is 39.1 Å². The molecular weight excluding hydrogens is 302 g/mol. The maximum atomic E-state index is 13.2. The van der Waals surface area contributed by atoms with Crippen LogP contribution in [0.4, 0.5) is 0 Å². The lowest BCUT2D eigenvalue weighted by atomic mass is 9.79. The number of aromatic nitrogens is 2. The highest BCUT2D eigenvalue weighted by Gasteiger charge is 2.47. The fraction of sp³-hybridized carbons (Fsp3) is 0.474. The summed E-state index contributed by atoms with van der Waals surface area (Å²) in [6, 6.07) is 9.40. The number of hydrogen-bond donors (Lipinski definition) is 1. The van der Waals surface area contributed by atoms with E-state index in [4.69, 9.17) is 0 Å². The van der Waals surface area contributed by atoms with Crippen molar-refractivity contribution in [2.75, 3.05) is 13.6 Å². The number of imidazole rings is 1. The number of nitrogens with zero attached hydrogens (tertiary/aromatic N) is 3. The maximum absolute atomic E-state index is 13.2. The average Bonchev–Trinajstić information content (AvgIpc) is 3.32. The number of aliphatic hydroxyl groups is 1. The van der Waals surface area contributed by atoms with Crippen molar-refractivity contribution in [2.24, 2.45) is 5.92 Å². The smallest absolute Gasteiger partial charge is 0.259 e. The topological polar surface area (TPSA) is 58.4 Å². The summed E-state index contributed by atoms with van der Waals surface area (Å²) < 4.78 is 1.93. The molecule has 24 heavy (non-hydrogen) atoms. The van der Waals surface area contributed by atoms with E-state index < -0.39 is 5.60 Å². The fourth-order valence-corrected chi connectivity index (χ4v) is 3.65. The Hall–Kier alpha value is -2.14. The Morgan fingerprint density at radius 1 is 1.33 bits per heavy atom. The molecule has 5 nitrogen and oxygen atoms in total. The Kier molecular flexibility index (Phi) is 5.00. The molecule has 1 saturated carbocycles. The molecule has 5 heteroatoms. The van der Waals surface area contributed by atoms with E-state index in [1.54, 1.807) is 24.5 Å². The van der Waals surface area contributed by atoms with Crippen molar-refractivity contribution in [2.45, 2.75) is 37.8 Å². The second-order valence-electron chi connectivity index (χ2n) is 6.64. The van der Waals surface area contributed by atoms with Gasteiger partial charge in [-0.25, -0.2) is 4.98 Å². The standard InChI is InChI=1S/C19H25N3O2/c1-21(13-14-22-12-11-20-15-22)18(23)19(24,17-9-5-6-10-17)16-7-3-2-4-8-16/h2-4,7-8,11-12,15,17,24H,5-6,9-10,13-14H2,1H3. The second-order valence-corrected chi connectivity index (χ2v) is 6.64. The van der Waals surface area contributed by atoms with Crippen molar-refractivity contribution in [1.82, 2.24) is 14.5 Å². The van der Waals surface area contributed by atoms with Crippen molar-refractivity contribution in [3.63, 3.8) is 0 Å². The Morgan fingerprint density at radius 2 is 2.04 bits per heavy atom. The first-order valence-electron chi connectivity index (χ1n) is 8.61. The summed E-state index contributed by atoms with van der Waals surface area (Å²) in [5.41, 5.74) is -0.724. The van der Waals surface area contributed by atoms with Gasteiger partial charge in [-0.15, -0.1) is 0 Å². The summed E-state index contributed by atoms with van der Waals surface area (Å²) in [7, 11) is 1.77. The minimum absolute atomic E-state index is 0.0110. The molecule has 0 saturated heterocycles. The van der Waals surface area contributed by atoms with Gasteiger partial charge < -0.3 is 14.6 Å². The summed E-state index contributed by atoms with van der Waals surface area (Å²) in [6.07, 6.45) is 9.27. The van der Waals surface area contributed by atoms with Crippen LogP contribution in [-0.2, 0) is 16.9 Å². The highest BCUT2D eigenvalue weighted by Crippen LogP contribution is 2.41. The molecule has 0 spiro atoms. The van der Waals surface area contributed by atoms with Gasteiger partial charge in [-0.2, -0.15) is 0 Å². The van der Waals surface area contributed by atoms with Crippen LogP contribution in [0, 0.1) is 5.92 Å². The minimum Gasteiger partial charge on any atom is -0.375 e. The molecule has 1 unspecified atom stereocenters. The molecule has 128 valence electrons. The number of amides is 1. The minimum atomic E-state index is -1.43. The molecular formula is C19H25N3O2. The Labute approximate surface area is 142 Å². The number of hydrogen-bond acceptors (Lipinski definition) is 3. The predicted octanol–water partition coefficient (Wildman–Crippen LogP) is 2.42. The third-order valence-electron chi connectivity index (χ3n) is 5.09. The largest absolute Gasteiger partial charge is 0.375 e. The maximum Gasteiger partial charge on any atom is 0.259 e. The zero-order valence-electron chi connectivity index (χ0n) is 14.1. The Bertz CT molecular complexity index is 651. The second kappa shape index (κ2) is 7.18. The van der Waals surface area contributed by atoms with Gasteiger partial charge in [-0.3, -0.25) is 4.79 Å². The van der Waals surface area contributed by atoms with Crippen molar-refractivity contribution in [1.29, 1.82) is 0 Å². The normalized spacial score (nSPS) is 17.6. The molecule has 3 rings (SSSR count). The third-order valence-corrected chi connectivity index (χ3v) is 5.09. The van der Waals surface area contributed by atoms with Gasteiger partial charge in [-0.1, -0.05) is 43.2 Å². The predicted molar refractivity (Wildman–Crippen MR) is 92.2 cm³/mol. The lowest BCUT2D eigenvalue weighted by Crippen LogP contribution is -2.50. The van der Waals surface area contributed by atoms with Crippen molar-refractivity contribution < 1.29 is 9.90 Å². The molecule has 1 atom stereocenters. The molecule has 1 aromatic carbocycles. The van der Waals surface area contributed by atoms with Crippen molar-refractivity contribution >= 4 is 5.91 Å². The van der Waals surface area contributed by atoms with Crippen molar-refractivity contribution in [3.8, 4) is 0 Å². The summed E-state index contributed by atoms with van der Waals surface area (Å²) in [5, 5.41) is 11.5. The van der Waals surface area contributed by atoms with Gasteiger partial charge in [-0.05, 0) is 18.4 Å². The van der Waals surface area contributed by atoms with Crippen LogP contribution in [0.15, 0.2) is 49.1 Å². The van der Waals surface area contributed by atoms with E-state index >= 15 is 0 Å². The van der Waals surface area contributed by atoms with Crippen LogP contribution in [0.2, 0.25) is 0 Å². The number of likely N-dealkylation sites (N-methyl/N-ethyl adjacent to an activating group) is 1. The van der Waals surface area contributed by atoms with E-state index in [-0.39, 0.29) is 11.8 Å². The summed E-state index contributed by atoms with van der Waals surface area (Å²) in [4.78, 5) is 18.8. The van der Waals surface area contributed by atoms with E-state index in [9.17, 15) is 9.90 Å². The molecule has 2 aromatic rings. The van der Waals surface area contributed by atoms with Crippen LogP contribution in [0.25, 0.3) is 0 Å². The number of rotatable bonds is 6. The molecule has 1 heterocycles. The van der Waals surface area contributed by atoms with Gasteiger partial charge in [0.15, 0.2) is 5.60 Å². The molecule has 1 aliphatic rings. The van der Waals surface area contributed by atoms with E-state index in [0.29, 0.717) is 18.7 Å². The zero-order chi connectivity index (χ0) is 17.0. The van der Waals surface area contributed by atoms with Gasteiger partial charge in [0.25, 0.3) is 5.91 Å². The first-order chi connectivity index (χ1) is 11.6. The molecule has 1 amide bonds. The van der Waals surface area contributed by atoms with Gasteiger partial charge in [0, 0.05) is 38.4 Å². The quantitative estimate of drug-likeness (QED) is 0.886. The van der Waals surface area contributed by atoms with Gasteiger partial charge in [0.05, 0.1) is 6.33 Å². The Morgan fingerprint density at radius 3 is 2.67 bits per heavy atom. The van der Waals surface area contributed by atoms with E-state index in [2.05, 4.69) is 4.98 Å². The number of benzene rings is 1. The lowest BCUT2D eigenvalue weighted by Gasteiger charge is -2.36. The van der Waals surface area contributed by atoms with Crippen LogP contribution >= 0.6 is 0 Å². The first-order valence-corrected chi connectivity index (χ1v) is 8.61. The summed E-state index contributed by atoms with van der Waals surface area (Å²) >= 11 is 0. The van der Waals surface area contributed by atoms with Gasteiger partial charge in [0.2, 0.25) is 0 Å². The highest BCUT2D eigenvalue weighted by molar-refractivity contribution is 5.86. The lowest BCUT2D eigenvalue weighted by molar-refractivity contribution is -0.158. The molecule has 1 aromatic heterocycles. The highest BCUT2D eigenvalue weighted by atomic mass is 16.3. The third kappa shape index (κ3) is 3.22. The van der Waals surface area contributed by atoms with Crippen LogP contribution in [0.1, 0.15) is 31.2 Å². The molecule has 1 aliphatic carbocycles. The summed E-state index contributed by atoms with van der Waals surface area (Å²) in [6.45, 7) is 1.20. The molecule has 1 N–H and O–H groups in total. The summed E-state index contributed by atoms with van der Waals surface area (Å²) in [5.74, 6) is -0.219. The average molecular weight is 327 g/mol. The number of carbonyl (C=O) groups excluding carboxylic acids is 1. The van der Waals surface area contributed by atoms with Crippen molar-refractivity contribution in [3.05, 3.63) is 54.6 Å². The fourth-order valence-electron chi connectivity index (χ4n) is 3.65. The monoisotopic (exact) mass is 327 g/mol. The number of carbonyl (C=O) groups is 1. The molecule has 0 bridgehead atoms. The van der Waals surface area contributed by atoms with Crippen LogP contribution in [0.5, 0.6) is 0 Å². The molecule has 0 radical (unpaired) electrons. The molecule has 0 aliphatic heterocycles. The molecule has 1 fully saturated rings. The van der Waals surface area contributed by atoms with E-state index in [1.165, 1.54) is 0 Å². The SMILES string of the molecule is CN(CCn1ccnc1)C(=O)C(O)(c1ccccc1)C1CCCC1. The Balaban J connectivity index is 1.80. The van der Waals surface area contributed by atoms with E-state index in [1.807, 2.05) is 41.1 Å². The van der Waals surface area contributed by atoms with Gasteiger partial charge >= 0.3 is 0 Å². The van der Waals surface area contributed by atoms with E-state index in [0.717, 1.165) is 25.7 Å². The van der Waals surface area contributed by atoms with Crippen LogP contribution < -0.4 is 0 Å². The first kappa shape index (κ1) is 16.7.